The van der Waals surface area contributed by atoms with Crippen molar-refractivity contribution in [3.8, 4) is 10.4 Å². The summed E-state index contributed by atoms with van der Waals surface area (Å²) in [5.74, 6) is -5.10. The molecule has 1 aromatic heterocycles. The summed E-state index contributed by atoms with van der Waals surface area (Å²) in [6.07, 6.45) is 0. The lowest BCUT2D eigenvalue weighted by molar-refractivity contribution is 0.102. The molecule has 116 valence electrons. The smallest absolute Gasteiger partial charge is 0.275 e. The molecule has 0 saturated carbocycles. The second-order valence-electron chi connectivity index (χ2n) is 4.57. The molecule has 1 N–H and O–H groups in total. The molecule has 0 fully saturated rings. The van der Waals surface area contributed by atoms with E-state index >= 15 is 0 Å². The number of hydrogen-bond acceptors (Lipinski definition) is 3. The van der Waals surface area contributed by atoms with Crippen molar-refractivity contribution in [1.82, 2.24) is 4.98 Å². The number of nitrogens with zero attached hydrogens (tertiary/aromatic N) is 1. The molecule has 2 aromatic carbocycles. The van der Waals surface area contributed by atoms with Crippen LogP contribution in [-0.4, -0.2) is 10.9 Å². The predicted octanol–water partition coefficient (Wildman–Crippen LogP) is 4.48. The fourth-order valence-electron chi connectivity index (χ4n) is 2.01. The van der Waals surface area contributed by atoms with Gasteiger partial charge in [0.2, 0.25) is 0 Å². The molecule has 23 heavy (non-hydrogen) atoms. The van der Waals surface area contributed by atoms with Crippen molar-refractivity contribution in [2.45, 2.75) is 0 Å². The molecule has 0 aliphatic rings. The van der Waals surface area contributed by atoms with Gasteiger partial charge in [-0.3, -0.25) is 4.79 Å². The van der Waals surface area contributed by atoms with Gasteiger partial charge in [0.05, 0.1) is 16.1 Å². The molecule has 1 amide bonds. The maximum Gasteiger partial charge on any atom is 0.275 e. The molecule has 0 aliphatic heterocycles. The number of carbonyl (C=O) groups is 1. The quantitative estimate of drug-likeness (QED) is 0.718. The maximum absolute atomic E-state index is 13.6. The molecular formula is C16H9F3N2OS. The molecule has 0 aliphatic carbocycles. The molecule has 0 atom stereocenters. The number of anilines is 1. The lowest BCUT2D eigenvalue weighted by atomic mass is 10.1. The number of rotatable bonds is 3. The molecule has 3 aromatic rings. The first-order valence-corrected chi connectivity index (χ1v) is 7.39. The van der Waals surface area contributed by atoms with E-state index in [1.807, 2.05) is 30.3 Å². The van der Waals surface area contributed by atoms with Crippen molar-refractivity contribution in [3.05, 3.63) is 71.1 Å². The molecular weight excluding hydrogens is 325 g/mol. The average molecular weight is 334 g/mol. The third-order valence-electron chi connectivity index (χ3n) is 3.10. The third kappa shape index (κ3) is 2.95. The van der Waals surface area contributed by atoms with Crippen molar-refractivity contribution in [3.63, 3.8) is 0 Å². The van der Waals surface area contributed by atoms with E-state index in [1.54, 1.807) is 0 Å². The van der Waals surface area contributed by atoms with Gasteiger partial charge in [-0.25, -0.2) is 18.2 Å². The average Bonchev–Trinajstić information content (AvgIpc) is 3.06. The number of halogens is 3. The molecule has 1 heterocycles. The van der Waals surface area contributed by atoms with E-state index in [0.29, 0.717) is 4.88 Å². The summed E-state index contributed by atoms with van der Waals surface area (Å²) in [4.78, 5) is 16.8. The van der Waals surface area contributed by atoms with Gasteiger partial charge in [0.25, 0.3) is 5.91 Å². The standard InChI is InChI=1S/C16H9F3N2OS/c17-10-6-7-11(13(19)12(10)18)21-16(22)14-15(23-8-20-14)9-4-2-1-3-5-9/h1-8H,(H,21,22). The van der Waals surface area contributed by atoms with Gasteiger partial charge in [-0.1, -0.05) is 30.3 Å². The van der Waals surface area contributed by atoms with Crippen LogP contribution in [0.5, 0.6) is 0 Å². The number of thiazole rings is 1. The molecule has 0 bridgehead atoms. The summed E-state index contributed by atoms with van der Waals surface area (Å²) in [5, 5.41) is 2.21. The van der Waals surface area contributed by atoms with Crippen LogP contribution in [0.2, 0.25) is 0 Å². The van der Waals surface area contributed by atoms with E-state index in [0.717, 1.165) is 17.7 Å². The van der Waals surface area contributed by atoms with Crippen LogP contribution in [0.3, 0.4) is 0 Å². The fraction of sp³-hybridized carbons (Fsp3) is 0. The highest BCUT2D eigenvalue weighted by atomic mass is 32.1. The number of aromatic nitrogens is 1. The minimum Gasteiger partial charge on any atom is -0.318 e. The summed E-state index contributed by atoms with van der Waals surface area (Å²) < 4.78 is 39.8. The molecule has 0 unspecified atom stereocenters. The van der Waals surface area contributed by atoms with Gasteiger partial charge in [-0.05, 0) is 17.7 Å². The molecule has 7 heteroatoms. The number of amides is 1. The monoisotopic (exact) mass is 334 g/mol. The number of carbonyl (C=O) groups excluding carboxylic acids is 1. The van der Waals surface area contributed by atoms with Gasteiger partial charge in [0, 0.05) is 0 Å². The number of benzene rings is 2. The highest BCUT2D eigenvalue weighted by Crippen LogP contribution is 2.28. The van der Waals surface area contributed by atoms with E-state index < -0.39 is 29.0 Å². The number of nitrogens with one attached hydrogen (secondary N) is 1. The Balaban J connectivity index is 1.91. The Morgan fingerprint density at radius 3 is 2.48 bits per heavy atom. The Bertz CT molecular complexity index is 865. The summed E-state index contributed by atoms with van der Waals surface area (Å²) in [5.41, 5.74) is 1.91. The number of hydrogen-bond donors (Lipinski definition) is 1. The summed E-state index contributed by atoms with van der Waals surface area (Å²) in [6.45, 7) is 0. The van der Waals surface area contributed by atoms with Crippen LogP contribution in [0, 0.1) is 17.5 Å². The normalized spacial score (nSPS) is 10.6. The minimum atomic E-state index is -1.63. The van der Waals surface area contributed by atoms with Crippen LogP contribution in [0.15, 0.2) is 48.0 Å². The summed E-state index contributed by atoms with van der Waals surface area (Å²) in [7, 11) is 0. The van der Waals surface area contributed by atoms with E-state index in [9.17, 15) is 18.0 Å². The lowest BCUT2D eigenvalue weighted by Gasteiger charge is -2.07. The van der Waals surface area contributed by atoms with E-state index in [1.165, 1.54) is 16.8 Å². The fourth-order valence-corrected chi connectivity index (χ4v) is 2.80. The SMILES string of the molecule is O=C(Nc1ccc(F)c(F)c1F)c1ncsc1-c1ccccc1. The van der Waals surface area contributed by atoms with Crippen LogP contribution < -0.4 is 5.32 Å². The highest BCUT2D eigenvalue weighted by molar-refractivity contribution is 7.13. The van der Waals surface area contributed by atoms with Crippen LogP contribution in [0.4, 0.5) is 18.9 Å². The first-order chi connectivity index (χ1) is 11.1. The van der Waals surface area contributed by atoms with Crippen molar-refractivity contribution >= 4 is 22.9 Å². The molecule has 3 nitrogen and oxygen atoms in total. The Morgan fingerprint density at radius 2 is 1.74 bits per heavy atom. The van der Waals surface area contributed by atoms with Crippen LogP contribution in [0.1, 0.15) is 10.5 Å². The highest BCUT2D eigenvalue weighted by Gasteiger charge is 2.20. The van der Waals surface area contributed by atoms with Crippen LogP contribution in [-0.2, 0) is 0 Å². The Kier molecular flexibility index (Phi) is 4.12. The van der Waals surface area contributed by atoms with Gasteiger partial charge < -0.3 is 5.32 Å². The van der Waals surface area contributed by atoms with Crippen molar-refractivity contribution in [2.24, 2.45) is 0 Å². The van der Waals surface area contributed by atoms with Crippen LogP contribution in [0.25, 0.3) is 10.4 Å². The Morgan fingerprint density at radius 1 is 1.00 bits per heavy atom. The van der Waals surface area contributed by atoms with Crippen molar-refractivity contribution < 1.29 is 18.0 Å². The Labute approximate surface area is 133 Å². The molecule has 0 spiro atoms. The third-order valence-corrected chi connectivity index (χ3v) is 3.98. The van der Waals surface area contributed by atoms with Gasteiger partial charge in [0.1, 0.15) is 5.69 Å². The van der Waals surface area contributed by atoms with Gasteiger partial charge >= 0.3 is 0 Å². The molecule has 0 radical (unpaired) electrons. The van der Waals surface area contributed by atoms with Crippen molar-refractivity contribution in [2.75, 3.05) is 5.32 Å². The van der Waals surface area contributed by atoms with Gasteiger partial charge in [0.15, 0.2) is 17.5 Å². The zero-order chi connectivity index (χ0) is 16.4. The second-order valence-corrected chi connectivity index (χ2v) is 5.43. The largest absolute Gasteiger partial charge is 0.318 e. The molecule has 0 saturated heterocycles. The molecule has 3 rings (SSSR count). The van der Waals surface area contributed by atoms with E-state index in [-0.39, 0.29) is 5.69 Å². The van der Waals surface area contributed by atoms with E-state index in [4.69, 9.17) is 0 Å². The van der Waals surface area contributed by atoms with Crippen molar-refractivity contribution in [1.29, 1.82) is 0 Å². The lowest BCUT2D eigenvalue weighted by Crippen LogP contribution is -2.15. The Hall–Kier alpha value is -2.67. The first-order valence-electron chi connectivity index (χ1n) is 6.51. The topological polar surface area (TPSA) is 42.0 Å². The summed E-state index contributed by atoms with van der Waals surface area (Å²) >= 11 is 1.25. The van der Waals surface area contributed by atoms with Crippen LogP contribution >= 0.6 is 11.3 Å². The van der Waals surface area contributed by atoms with Gasteiger partial charge in [-0.15, -0.1) is 11.3 Å². The predicted molar refractivity (Wildman–Crippen MR) is 81.8 cm³/mol. The summed E-state index contributed by atoms with van der Waals surface area (Å²) in [6, 6.07) is 10.8. The first kappa shape index (κ1) is 15.2. The second kappa shape index (κ2) is 6.21. The van der Waals surface area contributed by atoms with Gasteiger partial charge in [-0.2, -0.15) is 0 Å². The zero-order valence-electron chi connectivity index (χ0n) is 11.5. The van der Waals surface area contributed by atoms with E-state index in [2.05, 4.69) is 10.3 Å². The zero-order valence-corrected chi connectivity index (χ0v) is 12.3. The minimum absolute atomic E-state index is 0.0883. The maximum atomic E-state index is 13.6.